The van der Waals surface area contributed by atoms with E-state index >= 15 is 0 Å². The van der Waals surface area contributed by atoms with Crippen molar-refractivity contribution in [1.29, 1.82) is 5.26 Å². The molecule has 26 heavy (non-hydrogen) atoms. The minimum Gasteiger partial charge on any atom is -0.293 e. The van der Waals surface area contributed by atoms with Crippen LogP contribution in [-0.4, -0.2) is 12.6 Å². The fourth-order valence-electron chi connectivity index (χ4n) is 2.75. The minimum atomic E-state index is -0.464. The predicted molar refractivity (Wildman–Crippen MR) is 100 cm³/mol. The molecule has 0 aliphatic rings. The van der Waals surface area contributed by atoms with Gasteiger partial charge in [0, 0.05) is 0 Å². The van der Waals surface area contributed by atoms with Gasteiger partial charge in [-0.1, -0.05) is 74.2 Å². The average Bonchev–Trinajstić information content (AvgIpc) is 2.70. The molecule has 0 aliphatic heterocycles. The number of carbonyl (C=O) groups is 1. The van der Waals surface area contributed by atoms with Crippen molar-refractivity contribution >= 4 is 5.97 Å². The highest BCUT2D eigenvalue weighted by atomic mass is 17.2. The molecular weight excluding hydrogens is 326 g/mol. The van der Waals surface area contributed by atoms with E-state index in [4.69, 9.17) is 9.78 Å². The summed E-state index contributed by atoms with van der Waals surface area (Å²) in [6.07, 6.45) is 5.98. The van der Waals surface area contributed by atoms with Gasteiger partial charge < -0.3 is 0 Å². The molecule has 2 aromatic carbocycles. The lowest BCUT2D eigenvalue weighted by molar-refractivity contribution is -0.241. The molecule has 4 heteroatoms. The molecule has 0 saturated carbocycles. The lowest BCUT2D eigenvalue weighted by atomic mass is 9.94. The molecule has 0 amide bonds. The number of rotatable bonds is 11. The highest BCUT2D eigenvalue weighted by molar-refractivity contribution is 5.88. The summed E-state index contributed by atoms with van der Waals surface area (Å²) in [5, 5.41) is 9.30. The highest BCUT2D eigenvalue weighted by Crippen LogP contribution is 2.21. The van der Waals surface area contributed by atoms with Crippen molar-refractivity contribution in [3.05, 3.63) is 71.8 Å². The number of nitriles is 1. The van der Waals surface area contributed by atoms with Crippen molar-refractivity contribution in [1.82, 2.24) is 0 Å². The molecule has 136 valence electrons. The first-order valence-corrected chi connectivity index (χ1v) is 9.14. The van der Waals surface area contributed by atoms with Gasteiger partial charge in [0.2, 0.25) is 0 Å². The van der Waals surface area contributed by atoms with Gasteiger partial charge >= 0.3 is 5.97 Å². The van der Waals surface area contributed by atoms with E-state index < -0.39 is 5.97 Å². The van der Waals surface area contributed by atoms with Crippen molar-refractivity contribution in [3.8, 4) is 6.07 Å². The predicted octanol–water partition coefficient (Wildman–Crippen LogP) is 5.42. The second kappa shape index (κ2) is 11.8. The SMILES string of the molecule is N#CC(CCCCCCCOOC(=O)c1ccccc1)c1ccccc1. The Balaban J connectivity index is 1.48. The molecule has 0 spiro atoms. The van der Waals surface area contributed by atoms with Gasteiger partial charge in [0.05, 0.1) is 24.2 Å². The Hall–Kier alpha value is -2.64. The second-order valence-electron chi connectivity index (χ2n) is 6.21. The number of hydrogen-bond donors (Lipinski definition) is 0. The van der Waals surface area contributed by atoms with Crippen LogP contribution in [0.3, 0.4) is 0 Å². The molecule has 1 unspecified atom stereocenters. The van der Waals surface area contributed by atoms with Gasteiger partial charge in [-0.2, -0.15) is 10.1 Å². The zero-order valence-corrected chi connectivity index (χ0v) is 15.0. The Bertz CT molecular complexity index is 680. The molecule has 0 N–H and O–H groups in total. The van der Waals surface area contributed by atoms with Gasteiger partial charge in [-0.3, -0.25) is 4.89 Å². The van der Waals surface area contributed by atoms with Crippen LogP contribution < -0.4 is 0 Å². The van der Waals surface area contributed by atoms with Crippen molar-refractivity contribution in [2.45, 2.75) is 44.4 Å². The fraction of sp³-hybridized carbons (Fsp3) is 0.364. The van der Waals surface area contributed by atoms with Crippen LogP contribution >= 0.6 is 0 Å². The van der Waals surface area contributed by atoms with Crippen LogP contribution in [0.5, 0.6) is 0 Å². The van der Waals surface area contributed by atoms with Gasteiger partial charge in [-0.25, -0.2) is 4.79 Å². The van der Waals surface area contributed by atoms with E-state index in [0.717, 1.165) is 44.1 Å². The number of nitrogens with zero attached hydrogens (tertiary/aromatic N) is 1. The van der Waals surface area contributed by atoms with Gasteiger partial charge in [0.15, 0.2) is 0 Å². The summed E-state index contributed by atoms with van der Waals surface area (Å²) >= 11 is 0. The van der Waals surface area contributed by atoms with Crippen LogP contribution in [0.15, 0.2) is 60.7 Å². The zero-order valence-electron chi connectivity index (χ0n) is 15.0. The van der Waals surface area contributed by atoms with E-state index in [2.05, 4.69) is 6.07 Å². The van der Waals surface area contributed by atoms with E-state index in [1.807, 2.05) is 36.4 Å². The summed E-state index contributed by atoms with van der Waals surface area (Å²) in [7, 11) is 0. The normalized spacial score (nSPS) is 11.5. The number of benzene rings is 2. The van der Waals surface area contributed by atoms with Crippen molar-refractivity contribution in [2.75, 3.05) is 6.61 Å². The lowest BCUT2D eigenvalue weighted by Gasteiger charge is -2.09. The summed E-state index contributed by atoms with van der Waals surface area (Å²) in [5.74, 6) is -0.481. The molecule has 0 saturated heterocycles. The second-order valence-corrected chi connectivity index (χ2v) is 6.21. The highest BCUT2D eigenvalue weighted by Gasteiger charge is 2.09. The van der Waals surface area contributed by atoms with Crippen molar-refractivity contribution in [3.63, 3.8) is 0 Å². The van der Waals surface area contributed by atoms with E-state index in [0.29, 0.717) is 12.2 Å². The molecule has 0 heterocycles. The van der Waals surface area contributed by atoms with E-state index in [-0.39, 0.29) is 5.92 Å². The summed E-state index contributed by atoms with van der Waals surface area (Å²) in [4.78, 5) is 21.4. The van der Waals surface area contributed by atoms with Gasteiger partial charge in [0.25, 0.3) is 0 Å². The molecule has 0 aliphatic carbocycles. The summed E-state index contributed by atoms with van der Waals surface area (Å²) in [5.41, 5.74) is 1.58. The summed E-state index contributed by atoms with van der Waals surface area (Å²) in [6, 6.07) is 21.1. The monoisotopic (exact) mass is 351 g/mol. The van der Waals surface area contributed by atoms with Crippen LogP contribution in [0.25, 0.3) is 0 Å². The molecule has 0 radical (unpaired) electrons. The van der Waals surface area contributed by atoms with Gasteiger partial charge in [-0.15, -0.1) is 0 Å². The Morgan fingerprint density at radius 3 is 2.19 bits per heavy atom. The molecule has 0 bridgehead atoms. The summed E-state index contributed by atoms with van der Waals surface area (Å²) in [6.45, 7) is 0.406. The third-order valence-electron chi connectivity index (χ3n) is 4.22. The molecular formula is C22H25NO3. The summed E-state index contributed by atoms with van der Waals surface area (Å²) < 4.78 is 0. The minimum absolute atomic E-state index is 0.0167. The van der Waals surface area contributed by atoms with Crippen molar-refractivity contribution in [2.24, 2.45) is 0 Å². The maximum Gasteiger partial charge on any atom is 0.373 e. The van der Waals surface area contributed by atoms with Crippen LogP contribution in [0.4, 0.5) is 0 Å². The number of unbranched alkanes of at least 4 members (excludes halogenated alkanes) is 4. The molecule has 0 fully saturated rings. The zero-order chi connectivity index (χ0) is 18.5. The Kier molecular flexibility index (Phi) is 8.96. The maximum absolute atomic E-state index is 11.7. The largest absolute Gasteiger partial charge is 0.373 e. The molecule has 4 nitrogen and oxygen atoms in total. The fourth-order valence-corrected chi connectivity index (χ4v) is 2.75. The first-order valence-electron chi connectivity index (χ1n) is 9.14. The first-order chi connectivity index (χ1) is 12.8. The quantitative estimate of drug-likeness (QED) is 0.308. The van der Waals surface area contributed by atoms with Crippen LogP contribution in [0.1, 0.15) is 60.4 Å². The third kappa shape index (κ3) is 7.08. The van der Waals surface area contributed by atoms with E-state index in [1.165, 1.54) is 0 Å². The average molecular weight is 351 g/mol. The van der Waals surface area contributed by atoms with Crippen LogP contribution in [0, 0.1) is 11.3 Å². The molecule has 0 aromatic heterocycles. The smallest absolute Gasteiger partial charge is 0.293 e. The maximum atomic E-state index is 11.7. The molecule has 2 aromatic rings. The van der Waals surface area contributed by atoms with Crippen molar-refractivity contribution < 1.29 is 14.6 Å². The van der Waals surface area contributed by atoms with Gasteiger partial charge in [-0.05, 0) is 30.5 Å². The lowest BCUT2D eigenvalue weighted by Crippen LogP contribution is -2.06. The topological polar surface area (TPSA) is 59.3 Å². The van der Waals surface area contributed by atoms with Gasteiger partial charge in [0.1, 0.15) is 0 Å². The number of carbonyl (C=O) groups excluding carboxylic acids is 1. The molecule has 2 rings (SSSR count). The Morgan fingerprint density at radius 2 is 1.50 bits per heavy atom. The van der Waals surface area contributed by atoms with E-state index in [9.17, 15) is 10.1 Å². The Morgan fingerprint density at radius 1 is 0.885 bits per heavy atom. The van der Waals surface area contributed by atoms with Crippen LogP contribution in [-0.2, 0) is 9.78 Å². The van der Waals surface area contributed by atoms with Crippen LogP contribution in [0.2, 0.25) is 0 Å². The Labute approximate surface area is 155 Å². The standard InChI is InChI=1S/C22H25NO3/c23-18-21(19-12-7-4-8-13-19)16-6-2-1-3-11-17-25-26-22(24)20-14-9-5-10-15-20/h4-5,7-10,12-15,21H,1-3,6,11,16-17H2. The first kappa shape index (κ1) is 19.7. The third-order valence-corrected chi connectivity index (χ3v) is 4.22. The molecule has 1 atom stereocenters. The number of hydrogen-bond acceptors (Lipinski definition) is 4. The van der Waals surface area contributed by atoms with E-state index in [1.54, 1.807) is 24.3 Å².